The number of carbonyl (C=O) groups is 1. The Morgan fingerprint density at radius 2 is 1.79 bits per heavy atom. The number of aliphatic hydroxyl groups excluding tert-OH is 4. The lowest BCUT2D eigenvalue weighted by atomic mass is 9.36. The molecule has 3 aliphatic carbocycles. The smallest absolute Gasteiger partial charge is 0.338 e. The van der Waals surface area contributed by atoms with E-state index in [9.17, 15) is 35.4 Å². The average Bonchev–Trinajstić information content (AvgIpc) is 2.98. The minimum absolute atomic E-state index is 0.224. The van der Waals surface area contributed by atoms with Crippen LogP contribution in [0.5, 0.6) is 0 Å². The summed E-state index contributed by atoms with van der Waals surface area (Å²) in [6, 6.07) is 0. The van der Waals surface area contributed by atoms with Crippen molar-refractivity contribution >= 4 is 5.97 Å². The number of ether oxygens (including phenoxy) is 2. The molecule has 2 bridgehead atoms. The maximum atomic E-state index is 12.5. The maximum Gasteiger partial charge on any atom is 0.338 e. The largest absolute Gasteiger partial charge is 0.460 e. The zero-order valence-corrected chi connectivity index (χ0v) is 16.5. The maximum absolute atomic E-state index is 12.5. The second kappa shape index (κ2) is 5.40. The monoisotopic (exact) mass is 412 g/mol. The van der Waals surface area contributed by atoms with Crippen molar-refractivity contribution in [3.05, 3.63) is 11.6 Å². The molecule has 0 radical (unpaired) electrons. The normalized spacial score (nSPS) is 63.3. The Bertz CT molecular complexity index is 814. The third-order valence-electron chi connectivity index (χ3n) is 9.05. The Hall–Kier alpha value is -1.07. The Balaban J connectivity index is 1.83. The van der Waals surface area contributed by atoms with Crippen molar-refractivity contribution in [3.63, 3.8) is 0 Å². The molecule has 2 saturated heterocycles. The first-order valence-electron chi connectivity index (χ1n) is 10.1. The number of carbonyl (C=O) groups excluding carboxylic acids is 1. The molecule has 29 heavy (non-hydrogen) atoms. The molecule has 162 valence electrons. The molecule has 6 N–H and O–H groups in total. The van der Waals surface area contributed by atoms with E-state index in [4.69, 9.17) is 9.47 Å². The predicted octanol–water partition coefficient (Wildman–Crippen LogP) is -1.96. The van der Waals surface area contributed by atoms with E-state index in [0.717, 1.165) is 5.57 Å². The van der Waals surface area contributed by atoms with Crippen LogP contribution in [0.3, 0.4) is 0 Å². The molecule has 1 spiro atoms. The van der Waals surface area contributed by atoms with Crippen molar-refractivity contribution in [2.75, 3.05) is 6.61 Å². The van der Waals surface area contributed by atoms with Gasteiger partial charge in [-0.05, 0) is 19.3 Å². The van der Waals surface area contributed by atoms with E-state index in [2.05, 4.69) is 0 Å². The SMILES string of the molecule is CC1=CC(O)C(O)C2(C)C1CC1OC(=O)C(O)C3(O)C(C)C(O)C4(O)OCC13C42. The fourth-order valence-electron chi connectivity index (χ4n) is 7.75. The lowest BCUT2D eigenvalue weighted by Crippen LogP contribution is -2.84. The number of fused-ring (bicyclic) bond motifs is 1. The first kappa shape index (κ1) is 19.9. The van der Waals surface area contributed by atoms with Crippen LogP contribution in [-0.2, 0) is 14.3 Å². The van der Waals surface area contributed by atoms with Crippen molar-refractivity contribution in [1.29, 1.82) is 0 Å². The van der Waals surface area contributed by atoms with Gasteiger partial charge in [-0.15, -0.1) is 0 Å². The zero-order chi connectivity index (χ0) is 21.3. The highest BCUT2D eigenvalue weighted by atomic mass is 16.7. The quantitative estimate of drug-likeness (QED) is 0.196. The second-order valence-electron chi connectivity index (χ2n) is 9.90. The summed E-state index contributed by atoms with van der Waals surface area (Å²) in [5.41, 5.74) is -4.08. The molecule has 12 unspecified atom stereocenters. The number of rotatable bonds is 0. The van der Waals surface area contributed by atoms with E-state index in [1.807, 2.05) is 0 Å². The summed E-state index contributed by atoms with van der Waals surface area (Å²) in [4.78, 5) is 12.5. The Morgan fingerprint density at radius 1 is 1.14 bits per heavy atom. The van der Waals surface area contributed by atoms with Crippen molar-refractivity contribution in [1.82, 2.24) is 0 Å². The van der Waals surface area contributed by atoms with Gasteiger partial charge in [0, 0.05) is 17.3 Å². The molecule has 5 aliphatic rings. The van der Waals surface area contributed by atoms with Crippen LogP contribution in [0.1, 0.15) is 27.2 Å². The number of hydrogen-bond acceptors (Lipinski definition) is 9. The third kappa shape index (κ3) is 1.78. The van der Waals surface area contributed by atoms with Gasteiger partial charge in [-0.25, -0.2) is 4.79 Å². The summed E-state index contributed by atoms with van der Waals surface area (Å²) in [6.45, 7) is 4.66. The van der Waals surface area contributed by atoms with E-state index in [1.165, 1.54) is 13.0 Å². The minimum atomic E-state index is -2.15. The molecule has 0 aromatic heterocycles. The van der Waals surface area contributed by atoms with Crippen LogP contribution in [0.15, 0.2) is 11.6 Å². The molecule has 0 amide bonds. The summed E-state index contributed by atoms with van der Waals surface area (Å²) in [5.74, 6) is -5.78. The molecule has 4 fully saturated rings. The summed E-state index contributed by atoms with van der Waals surface area (Å²) in [7, 11) is 0. The summed E-state index contributed by atoms with van der Waals surface area (Å²) >= 11 is 0. The van der Waals surface area contributed by atoms with Crippen molar-refractivity contribution in [3.8, 4) is 0 Å². The molecule has 0 aromatic rings. The van der Waals surface area contributed by atoms with Crippen LogP contribution < -0.4 is 0 Å². The number of aliphatic hydroxyl groups is 6. The highest BCUT2D eigenvalue weighted by molar-refractivity contribution is 5.78. The van der Waals surface area contributed by atoms with Crippen molar-refractivity contribution in [2.24, 2.45) is 28.6 Å². The average molecular weight is 412 g/mol. The van der Waals surface area contributed by atoms with E-state index in [-0.39, 0.29) is 13.0 Å². The van der Waals surface area contributed by atoms with E-state index >= 15 is 0 Å². The molecule has 9 heteroatoms. The van der Waals surface area contributed by atoms with Gasteiger partial charge in [0.1, 0.15) is 17.8 Å². The van der Waals surface area contributed by atoms with Gasteiger partial charge in [0.05, 0.1) is 24.2 Å². The Labute approximate surface area is 167 Å². The Kier molecular flexibility index (Phi) is 3.70. The lowest BCUT2D eigenvalue weighted by Gasteiger charge is -2.70. The van der Waals surface area contributed by atoms with Gasteiger partial charge in [0.15, 0.2) is 11.9 Å². The van der Waals surface area contributed by atoms with Gasteiger partial charge < -0.3 is 40.1 Å². The van der Waals surface area contributed by atoms with Gasteiger partial charge in [0.2, 0.25) is 0 Å². The fourth-order valence-corrected chi connectivity index (χ4v) is 7.75. The molecule has 9 nitrogen and oxygen atoms in total. The molecular formula is C20H28O9. The second-order valence-corrected chi connectivity index (χ2v) is 9.90. The standard InChI is InChI=1S/C20H28O9/c1-7-4-10(21)13(23)17(3)9(7)5-11-18-6-28-20(27,16(17)18)12(22)8(2)19(18,26)14(24)15(25)29-11/h4,8-14,16,21-24,26-27H,5-6H2,1-3H3. The molecule has 2 heterocycles. The van der Waals surface area contributed by atoms with Crippen LogP contribution in [0, 0.1) is 28.6 Å². The van der Waals surface area contributed by atoms with Crippen LogP contribution in [-0.4, -0.2) is 85.1 Å². The molecule has 0 aromatic carbocycles. The topological polar surface area (TPSA) is 157 Å². The van der Waals surface area contributed by atoms with Crippen LogP contribution in [0.25, 0.3) is 0 Å². The molecule has 2 saturated carbocycles. The van der Waals surface area contributed by atoms with Crippen molar-refractivity contribution in [2.45, 2.75) is 69.1 Å². The molecule has 5 rings (SSSR count). The van der Waals surface area contributed by atoms with Gasteiger partial charge in [-0.1, -0.05) is 25.5 Å². The number of hydrogen-bond donors (Lipinski definition) is 6. The predicted molar refractivity (Wildman–Crippen MR) is 94.8 cm³/mol. The van der Waals surface area contributed by atoms with Gasteiger partial charge in [-0.2, -0.15) is 0 Å². The Morgan fingerprint density at radius 3 is 2.45 bits per heavy atom. The van der Waals surface area contributed by atoms with E-state index in [0.29, 0.717) is 0 Å². The van der Waals surface area contributed by atoms with E-state index < -0.39 is 76.5 Å². The zero-order valence-electron chi connectivity index (χ0n) is 16.5. The lowest BCUT2D eigenvalue weighted by molar-refractivity contribution is -0.379. The molecule has 12 atom stereocenters. The highest BCUT2D eigenvalue weighted by Gasteiger charge is 2.87. The van der Waals surface area contributed by atoms with Crippen LogP contribution in [0.4, 0.5) is 0 Å². The summed E-state index contributed by atoms with van der Waals surface area (Å²) in [6.07, 6.45) is -5.27. The fraction of sp³-hybridized carbons (Fsp3) is 0.850. The highest BCUT2D eigenvalue weighted by Crippen LogP contribution is 2.74. The van der Waals surface area contributed by atoms with E-state index in [1.54, 1.807) is 13.8 Å². The van der Waals surface area contributed by atoms with Gasteiger partial charge >= 0.3 is 5.97 Å². The summed E-state index contributed by atoms with van der Waals surface area (Å²) in [5, 5.41) is 66.7. The third-order valence-corrected chi connectivity index (χ3v) is 9.05. The number of esters is 1. The first-order chi connectivity index (χ1) is 13.4. The first-order valence-corrected chi connectivity index (χ1v) is 10.1. The van der Waals surface area contributed by atoms with Crippen molar-refractivity contribution < 1.29 is 44.9 Å². The molecule has 2 aliphatic heterocycles. The number of allylic oxidation sites excluding steroid dienone is 1. The minimum Gasteiger partial charge on any atom is -0.460 e. The van der Waals surface area contributed by atoms with Gasteiger partial charge in [0.25, 0.3) is 0 Å². The van der Waals surface area contributed by atoms with Crippen LogP contribution in [0.2, 0.25) is 0 Å². The van der Waals surface area contributed by atoms with Crippen LogP contribution >= 0.6 is 0 Å². The summed E-state index contributed by atoms with van der Waals surface area (Å²) < 4.78 is 11.3. The van der Waals surface area contributed by atoms with Gasteiger partial charge in [-0.3, -0.25) is 0 Å². The molecular weight excluding hydrogens is 384 g/mol.